The normalized spacial score (nSPS) is 11.3. The lowest BCUT2D eigenvalue weighted by Gasteiger charge is -2.08. The number of hydrogen-bond donors (Lipinski definition) is 0. The molecule has 2 aromatic carbocycles. The third kappa shape index (κ3) is 4.19. The second-order valence-electron chi connectivity index (χ2n) is 5.09. The van der Waals surface area contributed by atoms with Gasteiger partial charge in [0.25, 0.3) is 0 Å². The molecule has 0 saturated heterocycles. The van der Waals surface area contributed by atoms with Crippen molar-refractivity contribution in [2.75, 3.05) is 0 Å². The summed E-state index contributed by atoms with van der Waals surface area (Å²) in [7, 11) is 0. The van der Waals surface area contributed by atoms with Crippen LogP contribution in [0.5, 0.6) is 5.75 Å². The van der Waals surface area contributed by atoms with Gasteiger partial charge in [0.2, 0.25) is 0 Å². The molecular formula is C16H11F3N4O2. The first-order chi connectivity index (χ1) is 11.9. The van der Waals surface area contributed by atoms with Crippen LogP contribution in [0.4, 0.5) is 13.2 Å². The van der Waals surface area contributed by atoms with Crippen molar-refractivity contribution in [3.8, 4) is 11.4 Å². The van der Waals surface area contributed by atoms with E-state index in [-0.39, 0.29) is 6.42 Å². The highest BCUT2D eigenvalue weighted by Gasteiger charge is 2.29. The Hall–Kier alpha value is -3.23. The molecule has 0 unspecified atom stereocenters. The smallest absolute Gasteiger partial charge is 0.416 e. The third-order valence-corrected chi connectivity index (χ3v) is 3.31. The van der Waals surface area contributed by atoms with Gasteiger partial charge in [0, 0.05) is 0 Å². The Morgan fingerprint density at radius 1 is 1.04 bits per heavy atom. The minimum Gasteiger partial charge on any atom is -0.426 e. The Morgan fingerprint density at radius 2 is 1.72 bits per heavy atom. The Bertz CT molecular complexity index is 845. The van der Waals surface area contributed by atoms with Gasteiger partial charge in [-0.1, -0.05) is 12.1 Å². The van der Waals surface area contributed by atoms with Gasteiger partial charge >= 0.3 is 12.1 Å². The fourth-order valence-corrected chi connectivity index (χ4v) is 2.09. The molecule has 3 rings (SSSR count). The first-order valence-electron chi connectivity index (χ1n) is 7.12. The number of halogens is 3. The Labute approximate surface area is 139 Å². The average molecular weight is 348 g/mol. The summed E-state index contributed by atoms with van der Waals surface area (Å²) in [6.07, 6.45) is -3.11. The summed E-state index contributed by atoms with van der Waals surface area (Å²) in [6, 6.07) is 10.8. The molecule has 0 spiro atoms. The molecule has 0 atom stereocenters. The fourth-order valence-electron chi connectivity index (χ4n) is 2.09. The molecule has 9 heteroatoms. The van der Waals surface area contributed by atoms with E-state index >= 15 is 0 Å². The largest absolute Gasteiger partial charge is 0.426 e. The monoisotopic (exact) mass is 348 g/mol. The number of alkyl halides is 3. The molecule has 1 heterocycles. The molecule has 1 aromatic heterocycles. The first kappa shape index (κ1) is 16.6. The van der Waals surface area contributed by atoms with E-state index < -0.39 is 17.7 Å². The van der Waals surface area contributed by atoms with Crippen LogP contribution in [-0.4, -0.2) is 26.2 Å². The van der Waals surface area contributed by atoms with Crippen LogP contribution < -0.4 is 4.74 Å². The van der Waals surface area contributed by atoms with Gasteiger partial charge in [-0.3, -0.25) is 4.79 Å². The van der Waals surface area contributed by atoms with Crippen LogP contribution >= 0.6 is 0 Å². The number of ether oxygens (including phenoxy) is 1. The molecule has 0 aliphatic rings. The zero-order valence-corrected chi connectivity index (χ0v) is 12.6. The minimum absolute atomic E-state index is 0.132. The molecular weight excluding hydrogens is 337 g/mol. The van der Waals surface area contributed by atoms with Gasteiger partial charge < -0.3 is 4.74 Å². The first-order valence-corrected chi connectivity index (χ1v) is 7.12. The molecule has 25 heavy (non-hydrogen) atoms. The number of esters is 1. The van der Waals surface area contributed by atoms with Gasteiger partial charge in [0.15, 0.2) is 0 Å². The van der Waals surface area contributed by atoms with E-state index in [4.69, 9.17) is 4.74 Å². The van der Waals surface area contributed by atoms with Gasteiger partial charge in [-0.15, -0.1) is 5.10 Å². The summed E-state index contributed by atoms with van der Waals surface area (Å²) in [5.74, 6) is -0.260. The van der Waals surface area contributed by atoms with Gasteiger partial charge in [-0.2, -0.15) is 13.2 Å². The summed E-state index contributed by atoms with van der Waals surface area (Å²) < 4.78 is 44.1. The van der Waals surface area contributed by atoms with Crippen molar-refractivity contribution in [2.45, 2.75) is 12.6 Å². The number of aromatic nitrogens is 4. The van der Waals surface area contributed by atoms with Gasteiger partial charge in [0.1, 0.15) is 12.1 Å². The highest BCUT2D eigenvalue weighted by atomic mass is 19.4. The predicted octanol–water partition coefficient (Wildman–Crippen LogP) is 2.83. The molecule has 0 saturated carbocycles. The van der Waals surface area contributed by atoms with Crippen LogP contribution in [-0.2, 0) is 17.4 Å². The molecule has 6 nitrogen and oxygen atoms in total. The van der Waals surface area contributed by atoms with E-state index in [1.54, 1.807) is 24.3 Å². The lowest BCUT2D eigenvalue weighted by molar-refractivity contribution is -0.137. The number of tetrazole rings is 1. The second-order valence-corrected chi connectivity index (χ2v) is 5.09. The summed E-state index contributed by atoms with van der Waals surface area (Å²) in [4.78, 5) is 11.9. The average Bonchev–Trinajstić information content (AvgIpc) is 3.09. The molecule has 0 aliphatic carbocycles. The SMILES string of the molecule is O=C(Cc1ccc(C(F)(F)F)cc1)Oc1ccc(-n2cnnn2)cc1. The summed E-state index contributed by atoms with van der Waals surface area (Å²) in [5.41, 5.74) is 0.360. The highest BCUT2D eigenvalue weighted by molar-refractivity contribution is 5.75. The van der Waals surface area contributed by atoms with Crippen molar-refractivity contribution < 1.29 is 22.7 Å². The molecule has 0 bridgehead atoms. The van der Waals surface area contributed by atoms with Crippen LogP contribution in [0.25, 0.3) is 5.69 Å². The van der Waals surface area contributed by atoms with Crippen LogP contribution in [0.1, 0.15) is 11.1 Å². The van der Waals surface area contributed by atoms with Crippen LogP contribution in [0.3, 0.4) is 0 Å². The van der Waals surface area contributed by atoms with Crippen molar-refractivity contribution in [1.82, 2.24) is 20.2 Å². The van der Waals surface area contributed by atoms with E-state index in [0.29, 0.717) is 17.0 Å². The fraction of sp³-hybridized carbons (Fsp3) is 0.125. The van der Waals surface area contributed by atoms with Crippen molar-refractivity contribution in [3.63, 3.8) is 0 Å². The molecule has 0 N–H and O–H groups in total. The molecule has 0 amide bonds. The number of nitrogens with zero attached hydrogens (tertiary/aromatic N) is 4. The Balaban J connectivity index is 1.61. The molecule has 0 fully saturated rings. The number of carbonyl (C=O) groups is 1. The second kappa shape index (κ2) is 6.71. The summed E-state index contributed by atoms with van der Waals surface area (Å²) in [6.45, 7) is 0. The van der Waals surface area contributed by atoms with E-state index in [1.807, 2.05) is 0 Å². The van der Waals surface area contributed by atoms with Crippen molar-refractivity contribution in [1.29, 1.82) is 0 Å². The molecule has 0 aliphatic heterocycles. The third-order valence-electron chi connectivity index (χ3n) is 3.31. The lowest BCUT2D eigenvalue weighted by atomic mass is 10.1. The van der Waals surface area contributed by atoms with Crippen molar-refractivity contribution in [2.24, 2.45) is 0 Å². The van der Waals surface area contributed by atoms with Crippen LogP contribution in [0.15, 0.2) is 54.9 Å². The number of benzene rings is 2. The van der Waals surface area contributed by atoms with Gasteiger partial charge in [0.05, 0.1) is 17.7 Å². The van der Waals surface area contributed by atoms with E-state index in [9.17, 15) is 18.0 Å². The molecule has 128 valence electrons. The summed E-state index contributed by atoms with van der Waals surface area (Å²) >= 11 is 0. The van der Waals surface area contributed by atoms with Gasteiger partial charge in [-0.05, 0) is 52.4 Å². The quantitative estimate of drug-likeness (QED) is 0.536. The number of rotatable bonds is 4. The Morgan fingerprint density at radius 3 is 2.28 bits per heavy atom. The maximum absolute atomic E-state index is 12.5. The predicted molar refractivity (Wildman–Crippen MR) is 79.9 cm³/mol. The lowest BCUT2D eigenvalue weighted by Crippen LogP contribution is -2.12. The summed E-state index contributed by atoms with van der Waals surface area (Å²) in [5, 5.41) is 10.8. The highest BCUT2D eigenvalue weighted by Crippen LogP contribution is 2.29. The number of carbonyl (C=O) groups excluding carboxylic acids is 1. The Kier molecular flexibility index (Phi) is 4.46. The number of hydrogen-bond acceptors (Lipinski definition) is 5. The topological polar surface area (TPSA) is 69.9 Å². The van der Waals surface area contributed by atoms with Gasteiger partial charge in [-0.25, -0.2) is 4.68 Å². The van der Waals surface area contributed by atoms with Crippen molar-refractivity contribution >= 4 is 5.97 Å². The van der Waals surface area contributed by atoms with E-state index in [1.165, 1.54) is 23.1 Å². The van der Waals surface area contributed by atoms with E-state index in [0.717, 1.165) is 12.1 Å². The van der Waals surface area contributed by atoms with Crippen LogP contribution in [0, 0.1) is 0 Å². The maximum atomic E-state index is 12.5. The standard InChI is InChI=1S/C16H11F3N4O2/c17-16(18,19)12-3-1-11(2-4-12)9-15(24)25-14-7-5-13(6-8-14)23-10-20-21-22-23/h1-8,10H,9H2. The molecule has 3 aromatic rings. The zero-order chi connectivity index (χ0) is 17.9. The molecule has 0 radical (unpaired) electrons. The maximum Gasteiger partial charge on any atom is 0.416 e. The van der Waals surface area contributed by atoms with Crippen LogP contribution in [0.2, 0.25) is 0 Å². The van der Waals surface area contributed by atoms with Crippen molar-refractivity contribution in [3.05, 3.63) is 66.0 Å². The minimum atomic E-state index is -4.40. The van der Waals surface area contributed by atoms with E-state index in [2.05, 4.69) is 15.5 Å². The zero-order valence-electron chi connectivity index (χ0n) is 12.6.